The number of hydrogen-bond donors (Lipinski definition) is 1. The van der Waals surface area contributed by atoms with Gasteiger partial charge in [0.2, 0.25) is 0 Å². The molecule has 1 aromatic rings. The molecule has 0 spiro atoms. The maximum atomic E-state index is 12.1. The Bertz CT molecular complexity index is 500. The normalized spacial score (nSPS) is 21.2. The second-order valence-corrected chi connectivity index (χ2v) is 8.68. The minimum Gasteiger partial charge on any atom is -0.329 e. The average Bonchev–Trinajstić information content (AvgIpc) is 2.87. The Morgan fingerprint density at radius 3 is 3.00 bits per heavy atom. The van der Waals surface area contributed by atoms with Crippen LogP contribution in [0.4, 0.5) is 5.13 Å². The van der Waals surface area contributed by atoms with Gasteiger partial charge in [-0.2, -0.15) is 11.8 Å². The number of nitrogens with zero attached hydrogens (tertiary/aromatic N) is 2. The van der Waals surface area contributed by atoms with Gasteiger partial charge in [0.15, 0.2) is 15.0 Å². The minimum atomic E-state index is -3.08. The number of thiazole rings is 1. The van der Waals surface area contributed by atoms with Crippen LogP contribution in [0.25, 0.3) is 0 Å². The number of sulfone groups is 1. The van der Waals surface area contributed by atoms with E-state index in [4.69, 9.17) is 5.73 Å². The Balaban J connectivity index is 2.28. The van der Waals surface area contributed by atoms with Crippen LogP contribution in [-0.4, -0.2) is 42.6 Å². The van der Waals surface area contributed by atoms with Crippen molar-refractivity contribution in [2.24, 2.45) is 5.73 Å². The fraction of sp³-hybridized carbons (Fsp3) is 0.700. The van der Waals surface area contributed by atoms with Crippen LogP contribution in [0.1, 0.15) is 11.8 Å². The first-order valence-electron chi connectivity index (χ1n) is 5.79. The summed E-state index contributed by atoms with van der Waals surface area (Å²) >= 11 is 3.17. The third kappa shape index (κ3) is 2.81. The summed E-state index contributed by atoms with van der Waals surface area (Å²) in [6, 6.07) is 0. The van der Waals surface area contributed by atoms with E-state index >= 15 is 0 Å². The van der Waals surface area contributed by atoms with E-state index in [0.29, 0.717) is 12.3 Å². The molecule has 18 heavy (non-hydrogen) atoms. The van der Waals surface area contributed by atoms with E-state index in [0.717, 1.165) is 22.3 Å². The molecule has 0 bridgehead atoms. The predicted octanol–water partition coefficient (Wildman–Crippen LogP) is 0.916. The van der Waals surface area contributed by atoms with E-state index in [-0.39, 0.29) is 5.75 Å². The molecule has 2 N–H and O–H groups in total. The van der Waals surface area contributed by atoms with Crippen LogP contribution >= 0.6 is 23.1 Å². The van der Waals surface area contributed by atoms with Crippen molar-refractivity contribution < 1.29 is 8.42 Å². The number of hydrogen-bond acceptors (Lipinski definition) is 7. The van der Waals surface area contributed by atoms with E-state index in [1.165, 1.54) is 11.3 Å². The van der Waals surface area contributed by atoms with Crippen molar-refractivity contribution in [3.05, 3.63) is 11.1 Å². The monoisotopic (exact) mass is 307 g/mol. The third-order valence-electron chi connectivity index (χ3n) is 2.89. The number of thioether (sulfide) groups is 1. The molecule has 2 heterocycles. The summed E-state index contributed by atoms with van der Waals surface area (Å²) in [5.74, 6) is 1.73. The van der Waals surface area contributed by atoms with Gasteiger partial charge in [-0.05, 0) is 0 Å². The molecule has 1 aliphatic rings. The lowest BCUT2D eigenvalue weighted by molar-refractivity contribution is 0.579. The molecule has 8 heteroatoms. The van der Waals surface area contributed by atoms with Crippen molar-refractivity contribution in [2.45, 2.75) is 18.8 Å². The molecule has 1 aliphatic heterocycles. The van der Waals surface area contributed by atoms with Crippen molar-refractivity contribution >= 4 is 38.1 Å². The van der Waals surface area contributed by atoms with Gasteiger partial charge in [0.05, 0.1) is 0 Å². The Hall–Kier alpha value is -0.310. The molecule has 0 aromatic carbocycles. The van der Waals surface area contributed by atoms with Crippen molar-refractivity contribution in [3.63, 3.8) is 0 Å². The molecular weight excluding hydrogens is 290 g/mol. The number of aromatic nitrogens is 1. The maximum absolute atomic E-state index is 12.1. The second kappa shape index (κ2) is 5.77. The lowest BCUT2D eigenvalue weighted by atomic mass is 10.5. The van der Waals surface area contributed by atoms with E-state index in [2.05, 4.69) is 4.98 Å². The van der Waals surface area contributed by atoms with Crippen LogP contribution in [0.15, 0.2) is 6.20 Å². The number of rotatable bonds is 4. The molecule has 2 rings (SSSR count). The molecule has 1 saturated heterocycles. The maximum Gasteiger partial charge on any atom is 0.186 e. The first kappa shape index (κ1) is 14.1. The second-order valence-electron chi connectivity index (χ2n) is 3.99. The molecule has 1 fully saturated rings. The topological polar surface area (TPSA) is 76.3 Å². The van der Waals surface area contributed by atoms with Gasteiger partial charge >= 0.3 is 0 Å². The fourth-order valence-electron chi connectivity index (χ4n) is 1.81. The highest BCUT2D eigenvalue weighted by Gasteiger charge is 2.34. The molecule has 1 atom stereocenters. The first-order valence-corrected chi connectivity index (χ1v) is 9.48. The van der Waals surface area contributed by atoms with Gasteiger partial charge < -0.3 is 10.6 Å². The van der Waals surface area contributed by atoms with Crippen LogP contribution in [0.5, 0.6) is 0 Å². The SMILES string of the molecule is CCS(=O)(=O)C1CSCCN1c1ncc(CN)s1. The van der Waals surface area contributed by atoms with E-state index in [1.807, 2.05) is 4.90 Å². The quantitative estimate of drug-likeness (QED) is 0.891. The lowest BCUT2D eigenvalue weighted by Gasteiger charge is -2.34. The number of anilines is 1. The summed E-state index contributed by atoms with van der Waals surface area (Å²) in [6.07, 6.45) is 1.73. The van der Waals surface area contributed by atoms with Crippen molar-refractivity contribution in [1.29, 1.82) is 0 Å². The molecular formula is C10H17N3O2S3. The first-order chi connectivity index (χ1) is 8.58. The van der Waals surface area contributed by atoms with E-state index < -0.39 is 15.2 Å². The summed E-state index contributed by atoms with van der Waals surface area (Å²) in [5, 5.41) is 0.329. The molecule has 0 saturated carbocycles. The van der Waals surface area contributed by atoms with Crippen molar-refractivity contribution in [2.75, 3.05) is 28.7 Å². The zero-order valence-corrected chi connectivity index (χ0v) is 12.7. The summed E-state index contributed by atoms with van der Waals surface area (Å²) in [5.41, 5.74) is 5.57. The fourth-order valence-corrected chi connectivity index (χ4v) is 5.72. The molecule has 1 aromatic heterocycles. The largest absolute Gasteiger partial charge is 0.329 e. The van der Waals surface area contributed by atoms with Crippen LogP contribution in [0.2, 0.25) is 0 Å². The van der Waals surface area contributed by atoms with Crippen molar-refractivity contribution in [3.8, 4) is 0 Å². The van der Waals surface area contributed by atoms with Crippen LogP contribution in [0, 0.1) is 0 Å². The summed E-state index contributed by atoms with van der Waals surface area (Å²) in [4.78, 5) is 7.20. The average molecular weight is 307 g/mol. The van der Waals surface area contributed by atoms with Gasteiger partial charge in [-0.25, -0.2) is 13.4 Å². The molecule has 0 radical (unpaired) electrons. The molecule has 0 aliphatic carbocycles. The van der Waals surface area contributed by atoms with Gasteiger partial charge in [0.1, 0.15) is 5.37 Å². The van der Waals surface area contributed by atoms with Crippen molar-refractivity contribution in [1.82, 2.24) is 4.98 Å². The highest BCUT2D eigenvalue weighted by molar-refractivity contribution is 8.01. The van der Waals surface area contributed by atoms with Crippen LogP contribution in [-0.2, 0) is 16.4 Å². The third-order valence-corrected chi connectivity index (χ3v) is 7.24. The molecule has 102 valence electrons. The molecule has 5 nitrogen and oxygen atoms in total. The molecule has 0 amide bonds. The summed E-state index contributed by atoms with van der Waals surface area (Å²) < 4.78 is 24.2. The standard InChI is InChI=1S/C10H17N3O2S3/c1-2-18(14,15)9-7-16-4-3-13(9)10-12-6-8(5-11)17-10/h6,9H,2-5,7,11H2,1H3. The smallest absolute Gasteiger partial charge is 0.186 e. The Labute approximate surface area is 116 Å². The zero-order chi connectivity index (χ0) is 13.2. The Kier molecular flexibility index (Phi) is 4.52. The highest BCUT2D eigenvalue weighted by Crippen LogP contribution is 2.30. The van der Waals surface area contributed by atoms with Gasteiger partial charge in [0, 0.05) is 41.4 Å². The Morgan fingerprint density at radius 1 is 1.61 bits per heavy atom. The predicted molar refractivity (Wildman–Crippen MR) is 77.9 cm³/mol. The molecule has 1 unspecified atom stereocenters. The lowest BCUT2D eigenvalue weighted by Crippen LogP contribution is -2.47. The van der Waals surface area contributed by atoms with Crippen LogP contribution in [0.3, 0.4) is 0 Å². The summed E-state index contributed by atoms with van der Waals surface area (Å²) in [6.45, 7) is 2.87. The zero-order valence-electron chi connectivity index (χ0n) is 10.2. The van der Waals surface area contributed by atoms with Gasteiger partial charge in [-0.1, -0.05) is 6.92 Å². The van der Waals surface area contributed by atoms with E-state index in [9.17, 15) is 8.42 Å². The Morgan fingerprint density at radius 2 is 2.39 bits per heavy atom. The van der Waals surface area contributed by atoms with Gasteiger partial charge in [-0.15, -0.1) is 11.3 Å². The summed E-state index contributed by atoms with van der Waals surface area (Å²) in [7, 11) is -3.08. The van der Waals surface area contributed by atoms with E-state index in [1.54, 1.807) is 24.9 Å². The minimum absolute atomic E-state index is 0.170. The van der Waals surface area contributed by atoms with Gasteiger partial charge in [0.25, 0.3) is 0 Å². The number of nitrogens with two attached hydrogens (primary N) is 1. The highest BCUT2D eigenvalue weighted by atomic mass is 32.2. The van der Waals surface area contributed by atoms with Crippen LogP contribution < -0.4 is 10.6 Å². The van der Waals surface area contributed by atoms with Gasteiger partial charge in [-0.3, -0.25) is 0 Å².